The highest BCUT2D eigenvalue weighted by molar-refractivity contribution is 5.93. The van der Waals surface area contributed by atoms with Gasteiger partial charge in [0.2, 0.25) is 5.91 Å². The first-order valence-electron chi connectivity index (χ1n) is 10.7. The monoisotopic (exact) mass is 433 g/mol. The lowest BCUT2D eigenvalue weighted by atomic mass is 10.2. The third-order valence-corrected chi connectivity index (χ3v) is 5.34. The highest BCUT2D eigenvalue weighted by Gasteiger charge is 2.25. The number of nitrogens with zero attached hydrogens (tertiary/aromatic N) is 2. The van der Waals surface area contributed by atoms with Gasteiger partial charge in [0.25, 0.3) is 5.91 Å². The minimum absolute atomic E-state index is 0.0845. The van der Waals surface area contributed by atoms with Gasteiger partial charge in [0, 0.05) is 31.9 Å². The molecule has 2 aromatic carbocycles. The molecule has 0 unspecified atom stereocenters. The van der Waals surface area contributed by atoms with E-state index >= 15 is 0 Å². The van der Waals surface area contributed by atoms with Crippen LogP contribution in [0.3, 0.4) is 0 Å². The third-order valence-electron chi connectivity index (χ3n) is 5.34. The summed E-state index contributed by atoms with van der Waals surface area (Å²) < 4.78 is 11.3. The zero-order chi connectivity index (χ0) is 22.5. The number of benzene rings is 2. The fourth-order valence-electron chi connectivity index (χ4n) is 3.64. The fourth-order valence-corrected chi connectivity index (χ4v) is 3.64. The fraction of sp³-hybridized carbons (Fsp3) is 0.280. The van der Waals surface area contributed by atoms with Crippen LogP contribution >= 0.6 is 0 Å². The van der Waals surface area contributed by atoms with E-state index in [0.29, 0.717) is 43.4 Å². The summed E-state index contributed by atoms with van der Waals surface area (Å²) in [6, 6.07) is 18.7. The molecule has 3 aromatic rings. The predicted octanol–water partition coefficient (Wildman–Crippen LogP) is 4.09. The number of carbonyl (C=O) groups excluding carboxylic acids is 2. The molecule has 0 bridgehead atoms. The van der Waals surface area contributed by atoms with Crippen LogP contribution in [0.2, 0.25) is 0 Å². The van der Waals surface area contributed by atoms with Crippen LogP contribution < -0.4 is 10.1 Å². The Morgan fingerprint density at radius 3 is 2.34 bits per heavy atom. The average molecular weight is 434 g/mol. The van der Waals surface area contributed by atoms with Crippen LogP contribution in [0.25, 0.3) is 0 Å². The Bertz CT molecular complexity index is 1080. The van der Waals surface area contributed by atoms with E-state index in [1.807, 2.05) is 67.3 Å². The minimum Gasteiger partial charge on any atom is -0.457 e. The summed E-state index contributed by atoms with van der Waals surface area (Å²) in [4.78, 5) is 28.7. The molecule has 0 saturated carbocycles. The minimum atomic E-state index is -0.102. The molecule has 1 aromatic heterocycles. The number of aryl methyl sites for hydroxylation is 2. The predicted molar refractivity (Wildman–Crippen MR) is 122 cm³/mol. The van der Waals surface area contributed by atoms with Crippen molar-refractivity contribution in [2.24, 2.45) is 0 Å². The Morgan fingerprint density at radius 1 is 0.938 bits per heavy atom. The quantitative estimate of drug-likeness (QED) is 0.634. The maximum atomic E-state index is 12.5. The molecular formula is C25H27N3O4. The van der Waals surface area contributed by atoms with Gasteiger partial charge in [-0.15, -0.1) is 0 Å². The van der Waals surface area contributed by atoms with E-state index in [1.165, 1.54) is 0 Å². The largest absolute Gasteiger partial charge is 0.457 e. The van der Waals surface area contributed by atoms with E-state index in [0.717, 1.165) is 17.1 Å². The second kappa shape index (κ2) is 9.70. The van der Waals surface area contributed by atoms with Crippen molar-refractivity contribution in [1.29, 1.82) is 0 Å². The number of ether oxygens (including phenoxy) is 1. The summed E-state index contributed by atoms with van der Waals surface area (Å²) >= 11 is 0. The Labute approximate surface area is 187 Å². The van der Waals surface area contributed by atoms with E-state index in [9.17, 15) is 9.59 Å². The van der Waals surface area contributed by atoms with Crippen molar-refractivity contribution in [2.75, 3.05) is 38.0 Å². The third kappa shape index (κ3) is 5.56. The first-order valence-corrected chi connectivity index (χ1v) is 10.7. The van der Waals surface area contributed by atoms with Gasteiger partial charge in [-0.05, 0) is 67.9 Å². The number of hydrogen-bond donors (Lipinski definition) is 1. The van der Waals surface area contributed by atoms with Crippen LogP contribution in [0.15, 0.2) is 65.1 Å². The average Bonchev–Trinajstić information content (AvgIpc) is 3.21. The SMILES string of the molecule is Cc1cccc(Oc2ccc(NC(=O)CN3CCN(C(=O)c4ccc(C)o4)CC3)cc2)c1. The lowest BCUT2D eigenvalue weighted by molar-refractivity contribution is -0.117. The number of furan rings is 1. The van der Waals surface area contributed by atoms with Crippen molar-refractivity contribution in [3.63, 3.8) is 0 Å². The Hall–Kier alpha value is -3.58. The molecule has 4 rings (SSSR count). The highest BCUT2D eigenvalue weighted by atomic mass is 16.5. The van der Waals surface area contributed by atoms with E-state index in [4.69, 9.17) is 9.15 Å². The standard InChI is InChI=1S/C25H27N3O4/c1-18-4-3-5-22(16-18)32-21-9-7-20(8-10-21)26-24(29)17-27-12-14-28(15-13-27)25(30)23-11-6-19(2)31-23/h3-11,16H,12-15,17H2,1-2H3,(H,26,29). The number of piperazine rings is 1. The maximum absolute atomic E-state index is 12.5. The maximum Gasteiger partial charge on any atom is 0.289 e. The lowest BCUT2D eigenvalue weighted by Gasteiger charge is -2.33. The number of carbonyl (C=O) groups is 2. The molecule has 32 heavy (non-hydrogen) atoms. The summed E-state index contributed by atoms with van der Waals surface area (Å²) in [6.45, 7) is 6.53. The molecule has 0 aliphatic carbocycles. The second-order valence-electron chi connectivity index (χ2n) is 7.97. The normalized spacial score (nSPS) is 14.2. The number of hydrogen-bond acceptors (Lipinski definition) is 5. The molecule has 7 nitrogen and oxygen atoms in total. The van der Waals surface area contributed by atoms with Gasteiger partial charge in [-0.25, -0.2) is 0 Å². The van der Waals surface area contributed by atoms with Crippen molar-refractivity contribution in [3.05, 3.63) is 77.7 Å². The van der Waals surface area contributed by atoms with Crippen LogP contribution in [0.1, 0.15) is 21.9 Å². The van der Waals surface area contributed by atoms with Crippen molar-refractivity contribution in [1.82, 2.24) is 9.80 Å². The zero-order valence-corrected chi connectivity index (χ0v) is 18.3. The molecule has 166 valence electrons. The molecular weight excluding hydrogens is 406 g/mol. The Balaban J connectivity index is 1.23. The van der Waals surface area contributed by atoms with E-state index in [1.54, 1.807) is 17.0 Å². The van der Waals surface area contributed by atoms with Crippen molar-refractivity contribution < 1.29 is 18.7 Å². The van der Waals surface area contributed by atoms with Crippen molar-refractivity contribution in [3.8, 4) is 11.5 Å². The van der Waals surface area contributed by atoms with E-state index in [-0.39, 0.29) is 18.4 Å². The number of nitrogens with one attached hydrogen (secondary N) is 1. The molecule has 1 fully saturated rings. The highest BCUT2D eigenvalue weighted by Crippen LogP contribution is 2.23. The van der Waals surface area contributed by atoms with Crippen LogP contribution in [0, 0.1) is 13.8 Å². The molecule has 1 N–H and O–H groups in total. The molecule has 1 aliphatic rings. The molecule has 1 aliphatic heterocycles. The topological polar surface area (TPSA) is 75.0 Å². The van der Waals surface area contributed by atoms with Crippen LogP contribution in [0.4, 0.5) is 5.69 Å². The molecule has 1 saturated heterocycles. The molecule has 0 radical (unpaired) electrons. The second-order valence-corrected chi connectivity index (χ2v) is 7.97. The lowest BCUT2D eigenvalue weighted by Crippen LogP contribution is -2.50. The zero-order valence-electron chi connectivity index (χ0n) is 18.3. The first kappa shape index (κ1) is 21.6. The summed E-state index contributed by atoms with van der Waals surface area (Å²) in [5, 5.41) is 2.92. The number of rotatable bonds is 6. The van der Waals surface area contributed by atoms with Gasteiger partial charge >= 0.3 is 0 Å². The van der Waals surface area contributed by atoms with Crippen LogP contribution in [-0.2, 0) is 4.79 Å². The van der Waals surface area contributed by atoms with Crippen LogP contribution in [0.5, 0.6) is 11.5 Å². The van der Waals surface area contributed by atoms with Gasteiger partial charge in [-0.3, -0.25) is 14.5 Å². The summed E-state index contributed by atoms with van der Waals surface area (Å²) in [6.07, 6.45) is 0. The van der Waals surface area contributed by atoms with Gasteiger partial charge in [0.05, 0.1) is 6.54 Å². The van der Waals surface area contributed by atoms with Gasteiger partial charge < -0.3 is 19.4 Å². The van der Waals surface area contributed by atoms with Gasteiger partial charge in [-0.1, -0.05) is 12.1 Å². The Kier molecular flexibility index (Phi) is 6.56. The number of amides is 2. The molecule has 7 heteroatoms. The first-order chi connectivity index (χ1) is 15.5. The smallest absolute Gasteiger partial charge is 0.289 e. The van der Waals surface area contributed by atoms with Gasteiger partial charge in [0.1, 0.15) is 17.3 Å². The molecule has 2 heterocycles. The summed E-state index contributed by atoms with van der Waals surface area (Å²) in [5.74, 6) is 2.39. The molecule has 2 amide bonds. The van der Waals surface area contributed by atoms with Crippen LogP contribution in [-0.4, -0.2) is 54.3 Å². The van der Waals surface area contributed by atoms with Crippen molar-refractivity contribution >= 4 is 17.5 Å². The Morgan fingerprint density at radius 2 is 1.69 bits per heavy atom. The number of anilines is 1. The molecule has 0 atom stereocenters. The van der Waals surface area contributed by atoms with Crippen molar-refractivity contribution in [2.45, 2.75) is 13.8 Å². The summed E-state index contributed by atoms with van der Waals surface area (Å²) in [5.41, 5.74) is 1.85. The van der Waals surface area contributed by atoms with Gasteiger partial charge in [0.15, 0.2) is 5.76 Å². The van der Waals surface area contributed by atoms with E-state index < -0.39 is 0 Å². The van der Waals surface area contributed by atoms with E-state index in [2.05, 4.69) is 5.32 Å². The van der Waals surface area contributed by atoms with Gasteiger partial charge in [-0.2, -0.15) is 0 Å². The summed E-state index contributed by atoms with van der Waals surface area (Å²) in [7, 11) is 0. The molecule has 0 spiro atoms.